The number of aliphatic carboxylic acids is 2. The number of carboxylic acid groups (broad SMARTS) is 2. The van der Waals surface area contributed by atoms with Crippen LogP contribution in [0.25, 0.3) is 0 Å². The van der Waals surface area contributed by atoms with Crippen molar-refractivity contribution in [3.05, 3.63) is 11.1 Å². The van der Waals surface area contributed by atoms with Crippen molar-refractivity contribution in [2.75, 3.05) is 0 Å². The molecule has 0 aromatic heterocycles. The van der Waals surface area contributed by atoms with E-state index in [1.54, 1.807) is 0 Å². The van der Waals surface area contributed by atoms with Gasteiger partial charge >= 0.3 is 11.9 Å². The summed E-state index contributed by atoms with van der Waals surface area (Å²) in [4.78, 5) is 22.7. The minimum atomic E-state index is -1.05. The van der Waals surface area contributed by atoms with E-state index < -0.39 is 11.9 Å². The molecule has 0 atom stereocenters. The second kappa shape index (κ2) is 7.97. The molecule has 0 bridgehead atoms. The van der Waals surface area contributed by atoms with Crippen molar-refractivity contribution in [3.8, 4) is 0 Å². The van der Waals surface area contributed by atoms with Gasteiger partial charge < -0.3 is 10.2 Å². The van der Waals surface area contributed by atoms with Crippen LogP contribution < -0.4 is 0 Å². The van der Waals surface area contributed by atoms with Crippen LogP contribution in [0.5, 0.6) is 0 Å². The van der Waals surface area contributed by atoms with Gasteiger partial charge in [-0.15, -0.1) is 0 Å². The molecule has 1 saturated carbocycles. The van der Waals surface area contributed by atoms with Crippen molar-refractivity contribution < 1.29 is 19.8 Å². The molecule has 0 radical (unpaired) electrons. The van der Waals surface area contributed by atoms with Gasteiger partial charge in [0.15, 0.2) is 0 Å². The minimum Gasteiger partial charge on any atom is -0.478 e. The molecular formula is C15H24O4. The molecule has 0 saturated heterocycles. The highest BCUT2D eigenvalue weighted by Crippen LogP contribution is 2.34. The van der Waals surface area contributed by atoms with Crippen LogP contribution in [-0.2, 0) is 9.59 Å². The van der Waals surface area contributed by atoms with E-state index in [1.807, 2.05) is 0 Å². The quantitative estimate of drug-likeness (QED) is 0.521. The van der Waals surface area contributed by atoms with Gasteiger partial charge in [-0.1, -0.05) is 39.0 Å². The Balaban J connectivity index is 2.84. The van der Waals surface area contributed by atoms with Gasteiger partial charge in [-0.2, -0.15) is 0 Å². The lowest BCUT2D eigenvalue weighted by molar-refractivity contribution is -0.136. The van der Waals surface area contributed by atoms with Gasteiger partial charge in [0.1, 0.15) is 0 Å². The zero-order valence-electron chi connectivity index (χ0n) is 11.7. The van der Waals surface area contributed by atoms with Crippen LogP contribution in [-0.4, -0.2) is 22.2 Å². The summed E-state index contributed by atoms with van der Waals surface area (Å²) in [6.45, 7) is 2.09. The number of hydrogen-bond donors (Lipinski definition) is 2. The lowest BCUT2D eigenvalue weighted by Gasteiger charge is -2.14. The Morgan fingerprint density at radius 3 is 2.11 bits per heavy atom. The van der Waals surface area contributed by atoms with Crippen molar-refractivity contribution >= 4 is 11.9 Å². The van der Waals surface area contributed by atoms with Crippen LogP contribution in [0.3, 0.4) is 0 Å². The van der Waals surface area contributed by atoms with E-state index in [9.17, 15) is 19.8 Å². The molecular weight excluding hydrogens is 244 g/mol. The van der Waals surface area contributed by atoms with Crippen molar-refractivity contribution in [2.24, 2.45) is 5.92 Å². The molecule has 0 aliphatic heterocycles. The zero-order valence-corrected chi connectivity index (χ0v) is 11.7. The molecule has 19 heavy (non-hydrogen) atoms. The molecule has 0 aromatic rings. The molecule has 1 rings (SSSR count). The largest absolute Gasteiger partial charge is 0.478 e. The second-order valence-electron chi connectivity index (χ2n) is 5.29. The number of carbonyl (C=O) groups is 2. The second-order valence-corrected chi connectivity index (χ2v) is 5.29. The number of unbranched alkanes of at least 4 members (excludes halogenated alkanes) is 3. The summed E-state index contributed by atoms with van der Waals surface area (Å²) in [5.74, 6) is -2.16. The van der Waals surface area contributed by atoms with E-state index in [-0.39, 0.29) is 17.1 Å². The number of hydrogen-bond acceptors (Lipinski definition) is 2. The highest BCUT2D eigenvalue weighted by atomic mass is 16.4. The Kier molecular flexibility index (Phi) is 6.60. The SMILES string of the molecule is CCCCCCC(C(=O)O)=C(C(=O)O)C1CCCC1. The standard InChI is InChI=1S/C15H24O4/c1-2-3-4-5-10-12(14(16)17)13(15(18)19)11-8-6-7-9-11/h11H,2-10H2,1H3,(H,16,17)(H,18,19). The first-order chi connectivity index (χ1) is 9.07. The van der Waals surface area contributed by atoms with Crippen LogP contribution in [0, 0.1) is 5.92 Å². The average molecular weight is 268 g/mol. The lowest BCUT2D eigenvalue weighted by atomic mass is 9.90. The summed E-state index contributed by atoms with van der Waals surface area (Å²) in [6, 6.07) is 0. The van der Waals surface area contributed by atoms with Gasteiger partial charge in [0.2, 0.25) is 0 Å². The zero-order chi connectivity index (χ0) is 14.3. The van der Waals surface area contributed by atoms with Crippen molar-refractivity contribution in [2.45, 2.75) is 64.7 Å². The summed E-state index contributed by atoms with van der Waals surface area (Å²) >= 11 is 0. The van der Waals surface area contributed by atoms with Crippen LogP contribution in [0.1, 0.15) is 64.7 Å². The van der Waals surface area contributed by atoms with Crippen LogP contribution >= 0.6 is 0 Å². The van der Waals surface area contributed by atoms with Gasteiger partial charge in [-0.3, -0.25) is 0 Å². The predicted octanol–water partition coefficient (Wildman–Crippen LogP) is 3.61. The molecule has 0 amide bonds. The molecule has 1 fully saturated rings. The van der Waals surface area contributed by atoms with E-state index in [0.29, 0.717) is 6.42 Å². The lowest BCUT2D eigenvalue weighted by Crippen LogP contribution is -2.17. The first kappa shape index (κ1) is 15.7. The molecule has 0 heterocycles. The monoisotopic (exact) mass is 268 g/mol. The van der Waals surface area contributed by atoms with Crippen LogP contribution in [0.2, 0.25) is 0 Å². The highest BCUT2D eigenvalue weighted by Gasteiger charge is 2.29. The third-order valence-corrected chi connectivity index (χ3v) is 3.86. The molecule has 0 spiro atoms. The van der Waals surface area contributed by atoms with Crippen molar-refractivity contribution in [1.82, 2.24) is 0 Å². The van der Waals surface area contributed by atoms with Crippen LogP contribution in [0.4, 0.5) is 0 Å². The molecule has 2 N–H and O–H groups in total. The van der Waals surface area contributed by atoms with Crippen LogP contribution in [0.15, 0.2) is 11.1 Å². The summed E-state index contributed by atoms with van der Waals surface area (Å²) in [7, 11) is 0. The molecule has 108 valence electrons. The molecule has 0 aromatic carbocycles. The minimum absolute atomic E-state index is 0.0604. The first-order valence-corrected chi connectivity index (χ1v) is 7.27. The Morgan fingerprint density at radius 1 is 1.00 bits per heavy atom. The molecule has 1 aliphatic rings. The molecule has 4 heteroatoms. The first-order valence-electron chi connectivity index (χ1n) is 7.27. The summed E-state index contributed by atoms with van der Waals surface area (Å²) < 4.78 is 0. The fraction of sp³-hybridized carbons (Fsp3) is 0.733. The van der Waals surface area contributed by atoms with E-state index in [1.165, 1.54) is 0 Å². The van der Waals surface area contributed by atoms with E-state index in [4.69, 9.17) is 0 Å². The molecule has 4 nitrogen and oxygen atoms in total. The fourth-order valence-electron chi connectivity index (χ4n) is 2.85. The topological polar surface area (TPSA) is 74.6 Å². The van der Waals surface area contributed by atoms with Gasteiger partial charge in [0.05, 0.1) is 5.57 Å². The molecule has 1 aliphatic carbocycles. The summed E-state index contributed by atoms with van der Waals surface area (Å²) in [5, 5.41) is 18.6. The van der Waals surface area contributed by atoms with Gasteiger partial charge in [0.25, 0.3) is 0 Å². The smallest absolute Gasteiger partial charge is 0.332 e. The van der Waals surface area contributed by atoms with Gasteiger partial charge in [0, 0.05) is 5.57 Å². The van der Waals surface area contributed by atoms with E-state index in [2.05, 4.69) is 6.92 Å². The van der Waals surface area contributed by atoms with Gasteiger partial charge in [-0.25, -0.2) is 9.59 Å². The maximum atomic E-state index is 11.4. The number of carboxylic acids is 2. The van der Waals surface area contributed by atoms with Crippen molar-refractivity contribution in [1.29, 1.82) is 0 Å². The third-order valence-electron chi connectivity index (χ3n) is 3.86. The third kappa shape index (κ3) is 4.69. The predicted molar refractivity (Wildman–Crippen MR) is 73.0 cm³/mol. The summed E-state index contributed by atoms with van der Waals surface area (Å²) in [6.07, 6.45) is 7.89. The Labute approximate surface area is 114 Å². The molecule has 0 unspecified atom stereocenters. The Morgan fingerprint density at radius 2 is 1.63 bits per heavy atom. The summed E-state index contributed by atoms with van der Waals surface area (Å²) in [5.41, 5.74) is 0.303. The van der Waals surface area contributed by atoms with E-state index in [0.717, 1.165) is 51.4 Å². The maximum Gasteiger partial charge on any atom is 0.332 e. The van der Waals surface area contributed by atoms with Gasteiger partial charge in [-0.05, 0) is 31.6 Å². The Bertz CT molecular complexity index is 351. The fourth-order valence-corrected chi connectivity index (χ4v) is 2.85. The normalized spacial score (nSPS) is 17.3. The maximum absolute atomic E-state index is 11.4. The van der Waals surface area contributed by atoms with E-state index >= 15 is 0 Å². The highest BCUT2D eigenvalue weighted by molar-refractivity contribution is 5.99. The number of rotatable bonds is 8. The van der Waals surface area contributed by atoms with Crippen molar-refractivity contribution in [3.63, 3.8) is 0 Å². The Hall–Kier alpha value is -1.32. The average Bonchev–Trinajstić information content (AvgIpc) is 2.85.